The van der Waals surface area contributed by atoms with Crippen LogP contribution in [0.4, 0.5) is 10.1 Å². The summed E-state index contributed by atoms with van der Waals surface area (Å²) in [5.41, 5.74) is 7.97. The first-order valence-electron chi connectivity index (χ1n) is 6.90. The monoisotopic (exact) mass is 304 g/mol. The van der Waals surface area contributed by atoms with Crippen LogP contribution < -0.4 is 10.5 Å². The second-order valence-electron chi connectivity index (χ2n) is 5.96. The van der Waals surface area contributed by atoms with Gasteiger partial charge in [0.05, 0.1) is 11.7 Å². The molecule has 0 aliphatic rings. The quantitative estimate of drug-likeness (QED) is 0.643. The second-order valence-corrected chi connectivity index (χ2v) is 7.62. The molecule has 2 nitrogen and oxygen atoms in total. The van der Waals surface area contributed by atoms with Gasteiger partial charge in [0.2, 0.25) is 0 Å². The smallest absolute Gasteiger partial charge is 0.146 e. The van der Waals surface area contributed by atoms with E-state index in [2.05, 4.69) is 37.6 Å². The van der Waals surface area contributed by atoms with Crippen LogP contribution in [0.5, 0.6) is 0 Å². The van der Waals surface area contributed by atoms with Crippen LogP contribution in [-0.4, -0.2) is 4.75 Å². The Kier molecular flexibility index (Phi) is 4.91. The fourth-order valence-electron chi connectivity index (χ4n) is 1.95. The lowest BCUT2D eigenvalue weighted by molar-refractivity contribution is 0.630. The fraction of sp³-hybridized carbons (Fsp3) is 0.294. The van der Waals surface area contributed by atoms with E-state index in [1.54, 1.807) is 24.1 Å². The van der Waals surface area contributed by atoms with Gasteiger partial charge in [0.1, 0.15) is 5.82 Å². The molecule has 2 aromatic rings. The number of hydrogen-bond donors (Lipinski definition) is 2. The molecule has 0 bridgehead atoms. The number of anilines is 1. The van der Waals surface area contributed by atoms with Gasteiger partial charge in [-0.3, -0.25) is 4.72 Å². The van der Waals surface area contributed by atoms with Crippen LogP contribution in [0, 0.1) is 5.82 Å². The molecule has 0 heterocycles. The highest BCUT2D eigenvalue weighted by Crippen LogP contribution is 2.30. The van der Waals surface area contributed by atoms with Crippen molar-refractivity contribution in [2.24, 2.45) is 0 Å². The molecule has 0 fully saturated rings. The fourth-order valence-corrected chi connectivity index (χ4v) is 2.70. The first-order chi connectivity index (χ1) is 9.87. The number of benzene rings is 2. The first kappa shape index (κ1) is 15.9. The molecule has 2 rings (SSSR count). The highest BCUT2D eigenvalue weighted by atomic mass is 32.2. The van der Waals surface area contributed by atoms with Gasteiger partial charge in [0.25, 0.3) is 0 Å². The molecule has 112 valence electrons. The van der Waals surface area contributed by atoms with Crippen molar-refractivity contribution in [1.29, 1.82) is 0 Å². The van der Waals surface area contributed by atoms with Gasteiger partial charge in [0.15, 0.2) is 0 Å². The SMILES string of the molecule is CC(C)(C)SN[C@@H](c1ccccc1)c1ccc(F)c(N)c1. The lowest BCUT2D eigenvalue weighted by Gasteiger charge is -2.25. The summed E-state index contributed by atoms with van der Waals surface area (Å²) in [5, 5.41) is 0. The van der Waals surface area contributed by atoms with Crippen molar-refractivity contribution in [2.45, 2.75) is 31.6 Å². The lowest BCUT2D eigenvalue weighted by Crippen LogP contribution is -2.22. The van der Waals surface area contributed by atoms with Crippen LogP contribution in [0.1, 0.15) is 37.9 Å². The average molecular weight is 304 g/mol. The second kappa shape index (κ2) is 6.50. The van der Waals surface area contributed by atoms with Gasteiger partial charge in [-0.15, -0.1) is 0 Å². The van der Waals surface area contributed by atoms with Crippen molar-refractivity contribution in [2.75, 3.05) is 5.73 Å². The summed E-state index contributed by atoms with van der Waals surface area (Å²) >= 11 is 1.66. The van der Waals surface area contributed by atoms with Crippen molar-refractivity contribution in [3.63, 3.8) is 0 Å². The molecule has 0 spiro atoms. The van der Waals surface area contributed by atoms with E-state index < -0.39 is 0 Å². The van der Waals surface area contributed by atoms with Crippen LogP contribution in [0.25, 0.3) is 0 Å². The van der Waals surface area contributed by atoms with Crippen molar-refractivity contribution in [1.82, 2.24) is 4.72 Å². The van der Waals surface area contributed by atoms with Crippen LogP contribution in [0.3, 0.4) is 0 Å². The molecule has 0 saturated heterocycles. The zero-order valence-electron chi connectivity index (χ0n) is 12.6. The topological polar surface area (TPSA) is 38.0 Å². The maximum absolute atomic E-state index is 13.4. The summed E-state index contributed by atoms with van der Waals surface area (Å²) < 4.78 is 16.9. The number of hydrogen-bond acceptors (Lipinski definition) is 3. The Labute approximate surface area is 130 Å². The summed E-state index contributed by atoms with van der Waals surface area (Å²) in [4.78, 5) is 0. The molecule has 4 heteroatoms. The van der Waals surface area contributed by atoms with Crippen molar-refractivity contribution < 1.29 is 4.39 Å². The average Bonchev–Trinajstić information content (AvgIpc) is 2.43. The highest BCUT2D eigenvalue weighted by Gasteiger charge is 2.19. The number of nitrogen functional groups attached to an aromatic ring is 1. The lowest BCUT2D eigenvalue weighted by atomic mass is 9.99. The third-order valence-electron chi connectivity index (χ3n) is 2.97. The van der Waals surface area contributed by atoms with Crippen LogP contribution in [0.2, 0.25) is 0 Å². The summed E-state index contributed by atoms with van der Waals surface area (Å²) in [6, 6.07) is 15.0. The Hall–Kier alpha value is -1.52. The largest absolute Gasteiger partial charge is 0.396 e. The molecule has 0 unspecified atom stereocenters. The van der Waals surface area contributed by atoms with E-state index >= 15 is 0 Å². The summed E-state index contributed by atoms with van der Waals surface area (Å²) in [6.07, 6.45) is 0. The zero-order chi connectivity index (χ0) is 15.5. The predicted molar refractivity (Wildman–Crippen MR) is 89.6 cm³/mol. The molecule has 0 aromatic heterocycles. The minimum atomic E-state index is -0.381. The maximum Gasteiger partial charge on any atom is 0.146 e. The number of nitrogens with one attached hydrogen (secondary N) is 1. The van der Waals surface area contributed by atoms with Crippen molar-refractivity contribution >= 4 is 17.6 Å². The summed E-state index contributed by atoms with van der Waals surface area (Å²) in [5.74, 6) is -0.381. The van der Waals surface area contributed by atoms with Crippen LogP contribution >= 0.6 is 11.9 Å². The van der Waals surface area contributed by atoms with Crippen LogP contribution in [0.15, 0.2) is 48.5 Å². The van der Waals surface area contributed by atoms with Gasteiger partial charge in [-0.2, -0.15) is 0 Å². The molecule has 21 heavy (non-hydrogen) atoms. The molecular formula is C17H21FN2S. The van der Waals surface area contributed by atoms with E-state index in [9.17, 15) is 4.39 Å². The molecule has 2 aromatic carbocycles. The normalized spacial score (nSPS) is 13.1. The molecule has 0 radical (unpaired) electrons. The third-order valence-corrected chi connectivity index (χ3v) is 3.94. The van der Waals surface area contributed by atoms with E-state index in [-0.39, 0.29) is 22.3 Å². The molecule has 0 aliphatic heterocycles. The number of rotatable bonds is 4. The standard InChI is InChI=1S/C17H21FN2S/c1-17(2,3)21-20-16(12-7-5-4-6-8-12)13-9-10-14(18)15(19)11-13/h4-11,16,20H,19H2,1-3H3/t16-/m0/s1. The Morgan fingerprint density at radius 1 is 1.05 bits per heavy atom. The Morgan fingerprint density at radius 2 is 1.71 bits per heavy atom. The van der Waals surface area contributed by atoms with Crippen LogP contribution in [-0.2, 0) is 0 Å². The number of nitrogens with two attached hydrogens (primary N) is 1. The third kappa shape index (κ3) is 4.48. The Bertz CT molecular complexity index is 593. The maximum atomic E-state index is 13.4. The minimum Gasteiger partial charge on any atom is -0.396 e. The van der Waals surface area contributed by atoms with E-state index in [1.807, 2.05) is 18.2 Å². The van der Waals surface area contributed by atoms with Crippen molar-refractivity contribution in [3.8, 4) is 0 Å². The van der Waals surface area contributed by atoms with E-state index in [4.69, 9.17) is 5.73 Å². The van der Waals surface area contributed by atoms with E-state index in [1.165, 1.54) is 6.07 Å². The minimum absolute atomic E-state index is 0.0293. The van der Waals surface area contributed by atoms with Gasteiger partial charge < -0.3 is 5.73 Å². The van der Waals surface area contributed by atoms with Gasteiger partial charge in [-0.25, -0.2) is 4.39 Å². The van der Waals surface area contributed by atoms with Gasteiger partial charge in [-0.1, -0.05) is 48.3 Å². The van der Waals surface area contributed by atoms with Gasteiger partial charge in [0, 0.05) is 4.75 Å². The van der Waals surface area contributed by atoms with Gasteiger partial charge in [-0.05, 0) is 44.0 Å². The van der Waals surface area contributed by atoms with E-state index in [0.717, 1.165) is 11.1 Å². The Morgan fingerprint density at radius 3 is 2.29 bits per heavy atom. The molecule has 1 atom stereocenters. The molecule has 0 amide bonds. The highest BCUT2D eigenvalue weighted by molar-refractivity contribution is 7.98. The predicted octanol–water partition coefficient (Wildman–Crippen LogP) is 4.53. The summed E-state index contributed by atoms with van der Waals surface area (Å²) in [7, 11) is 0. The molecular weight excluding hydrogens is 283 g/mol. The van der Waals surface area contributed by atoms with Gasteiger partial charge >= 0.3 is 0 Å². The molecule has 0 saturated carbocycles. The Balaban J connectivity index is 2.33. The zero-order valence-corrected chi connectivity index (χ0v) is 13.4. The number of halogens is 1. The molecule has 0 aliphatic carbocycles. The molecule has 3 N–H and O–H groups in total. The van der Waals surface area contributed by atoms with E-state index in [0.29, 0.717) is 0 Å². The van der Waals surface area contributed by atoms with Crippen molar-refractivity contribution in [3.05, 3.63) is 65.5 Å². The summed E-state index contributed by atoms with van der Waals surface area (Å²) in [6.45, 7) is 6.43. The first-order valence-corrected chi connectivity index (χ1v) is 7.72.